The van der Waals surface area contributed by atoms with Gasteiger partial charge in [0.1, 0.15) is 6.23 Å². The Labute approximate surface area is 70.1 Å². The third-order valence-electron chi connectivity index (χ3n) is 1.61. The van der Waals surface area contributed by atoms with Gasteiger partial charge in [0.25, 0.3) is 0 Å². The van der Waals surface area contributed by atoms with Gasteiger partial charge in [0, 0.05) is 6.61 Å². The van der Waals surface area contributed by atoms with Crippen LogP contribution >= 0.6 is 0 Å². The van der Waals surface area contributed by atoms with E-state index in [1.807, 2.05) is 0 Å². The highest BCUT2D eigenvalue weighted by Crippen LogP contribution is 2.00. The highest BCUT2D eigenvalue weighted by molar-refractivity contribution is 4.49. The zero-order valence-electron chi connectivity index (χ0n) is 7.51. The van der Waals surface area contributed by atoms with Crippen LogP contribution in [0.2, 0.25) is 0 Å². The van der Waals surface area contributed by atoms with Crippen LogP contribution < -0.4 is 5.73 Å². The third-order valence-corrected chi connectivity index (χ3v) is 1.61. The van der Waals surface area contributed by atoms with Gasteiger partial charge in [0.05, 0.1) is 0 Å². The molecule has 0 saturated carbocycles. The molecule has 0 spiro atoms. The second kappa shape index (κ2) is 8.02. The first-order valence-corrected chi connectivity index (χ1v) is 4.47. The van der Waals surface area contributed by atoms with Crippen molar-refractivity contribution in [2.24, 2.45) is 5.73 Å². The number of ether oxygens (including phenoxy) is 1. The lowest BCUT2D eigenvalue weighted by atomic mass is 10.2. The Morgan fingerprint density at radius 1 is 1.36 bits per heavy atom. The smallest absolute Gasteiger partial charge is 0.105 e. The summed E-state index contributed by atoms with van der Waals surface area (Å²) in [6, 6.07) is 0. The lowest BCUT2D eigenvalue weighted by molar-refractivity contribution is 0.0567. The summed E-state index contributed by atoms with van der Waals surface area (Å²) >= 11 is 0. The topological polar surface area (TPSA) is 35.2 Å². The normalized spacial score (nSPS) is 13.4. The molecule has 0 rings (SSSR count). The summed E-state index contributed by atoms with van der Waals surface area (Å²) in [5, 5.41) is 0. The highest BCUT2D eigenvalue weighted by atomic mass is 16.5. The monoisotopic (exact) mass is 158 g/mol. The largest absolute Gasteiger partial charge is 0.364 e. The van der Waals surface area contributed by atoms with Crippen LogP contribution in [0.4, 0.5) is 0 Å². The van der Waals surface area contributed by atoms with Crippen LogP contribution in [-0.4, -0.2) is 12.8 Å². The Morgan fingerprint density at radius 2 is 2.09 bits per heavy atom. The molecule has 0 fully saturated rings. The van der Waals surface area contributed by atoms with E-state index in [-0.39, 0.29) is 6.23 Å². The Bertz CT molecular complexity index is 76.0. The molecular formula is C9H20NO. The van der Waals surface area contributed by atoms with E-state index in [1.165, 1.54) is 19.3 Å². The lowest BCUT2D eigenvalue weighted by Gasteiger charge is -2.09. The maximum atomic E-state index is 5.50. The number of rotatable bonds is 7. The number of hydrogen-bond acceptors (Lipinski definition) is 2. The minimum Gasteiger partial charge on any atom is -0.364 e. The van der Waals surface area contributed by atoms with Gasteiger partial charge in [-0.3, -0.25) is 0 Å². The second-order valence-electron chi connectivity index (χ2n) is 2.76. The van der Waals surface area contributed by atoms with Crippen molar-refractivity contribution in [1.82, 2.24) is 0 Å². The van der Waals surface area contributed by atoms with Crippen LogP contribution in [-0.2, 0) is 4.74 Å². The van der Waals surface area contributed by atoms with Gasteiger partial charge in [-0.2, -0.15) is 0 Å². The van der Waals surface area contributed by atoms with Crippen LogP contribution in [0.3, 0.4) is 0 Å². The fourth-order valence-corrected chi connectivity index (χ4v) is 0.847. The Morgan fingerprint density at radius 3 is 2.64 bits per heavy atom. The molecule has 0 aliphatic rings. The number of hydrogen-bond donors (Lipinski definition) is 1. The standard InChI is InChI=1S/C9H20NO/c1-3-5-6-7-8-11-9(10)4-2/h9H,2-8,10H2,1H3. The summed E-state index contributed by atoms with van der Waals surface area (Å²) in [6.45, 7) is 6.64. The maximum Gasteiger partial charge on any atom is 0.105 e. The SMILES string of the molecule is [CH2]CC(N)OCCCCCC. The van der Waals surface area contributed by atoms with Gasteiger partial charge in [-0.25, -0.2) is 0 Å². The van der Waals surface area contributed by atoms with Gasteiger partial charge >= 0.3 is 0 Å². The van der Waals surface area contributed by atoms with Gasteiger partial charge in [0.2, 0.25) is 0 Å². The maximum absolute atomic E-state index is 5.50. The molecule has 0 heterocycles. The first kappa shape index (κ1) is 10.9. The first-order valence-electron chi connectivity index (χ1n) is 4.47. The molecule has 0 aliphatic carbocycles. The van der Waals surface area contributed by atoms with Gasteiger partial charge < -0.3 is 10.5 Å². The molecule has 11 heavy (non-hydrogen) atoms. The van der Waals surface area contributed by atoms with E-state index in [0.29, 0.717) is 6.42 Å². The van der Waals surface area contributed by atoms with E-state index in [0.717, 1.165) is 13.0 Å². The van der Waals surface area contributed by atoms with Crippen molar-refractivity contribution in [3.8, 4) is 0 Å². The van der Waals surface area contributed by atoms with E-state index in [9.17, 15) is 0 Å². The predicted octanol–water partition coefficient (Wildman–Crippen LogP) is 2.09. The van der Waals surface area contributed by atoms with Gasteiger partial charge in [-0.05, 0) is 19.8 Å². The van der Waals surface area contributed by atoms with Crippen LogP contribution in [0.5, 0.6) is 0 Å². The fourth-order valence-electron chi connectivity index (χ4n) is 0.847. The zero-order chi connectivity index (χ0) is 8.53. The first-order chi connectivity index (χ1) is 5.31. The molecule has 1 unspecified atom stereocenters. The van der Waals surface area contributed by atoms with Crippen LogP contribution in [0.25, 0.3) is 0 Å². The molecule has 0 bridgehead atoms. The molecule has 1 atom stereocenters. The number of nitrogens with two attached hydrogens (primary N) is 1. The molecule has 2 N–H and O–H groups in total. The molecule has 1 radical (unpaired) electrons. The van der Waals surface area contributed by atoms with E-state index < -0.39 is 0 Å². The Balaban J connectivity index is 2.89. The van der Waals surface area contributed by atoms with Crippen molar-refractivity contribution in [2.75, 3.05) is 6.61 Å². The zero-order valence-corrected chi connectivity index (χ0v) is 7.51. The number of unbranched alkanes of at least 4 members (excludes halogenated alkanes) is 3. The predicted molar refractivity (Wildman–Crippen MR) is 48.0 cm³/mol. The fraction of sp³-hybridized carbons (Fsp3) is 0.889. The third kappa shape index (κ3) is 7.82. The van der Waals surface area contributed by atoms with E-state index in [4.69, 9.17) is 10.5 Å². The van der Waals surface area contributed by atoms with Crippen LogP contribution in [0.15, 0.2) is 0 Å². The molecule has 0 aromatic rings. The molecule has 2 nitrogen and oxygen atoms in total. The molecular weight excluding hydrogens is 138 g/mol. The minimum absolute atomic E-state index is 0.156. The highest BCUT2D eigenvalue weighted by Gasteiger charge is 1.96. The van der Waals surface area contributed by atoms with Crippen molar-refractivity contribution in [3.05, 3.63) is 6.92 Å². The molecule has 0 aromatic heterocycles. The molecule has 67 valence electrons. The average molecular weight is 158 g/mol. The summed E-state index contributed by atoms with van der Waals surface area (Å²) in [4.78, 5) is 0. The molecule has 0 saturated heterocycles. The van der Waals surface area contributed by atoms with Crippen LogP contribution in [0, 0.1) is 6.92 Å². The minimum atomic E-state index is -0.156. The summed E-state index contributed by atoms with van der Waals surface area (Å²) < 4.78 is 5.25. The van der Waals surface area contributed by atoms with Gasteiger partial charge in [-0.1, -0.05) is 26.2 Å². The lowest BCUT2D eigenvalue weighted by Crippen LogP contribution is -2.22. The Kier molecular flexibility index (Phi) is 7.96. The summed E-state index contributed by atoms with van der Waals surface area (Å²) in [7, 11) is 0. The van der Waals surface area contributed by atoms with Gasteiger partial charge in [0.15, 0.2) is 0 Å². The molecule has 0 aromatic carbocycles. The summed E-state index contributed by atoms with van der Waals surface area (Å²) in [5.41, 5.74) is 5.50. The van der Waals surface area contributed by atoms with Crippen molar-refractivity contribution in [2.45, 2.75) is 45.3 Å². The van der Waals surface area contributed by atoms with E-state index in [1.54, 1.807) is 0 Å². The Hall–Kier alpha value is -0.0800. The van der Waals surface area contributed by atoms with E-state index >= 15 is 0 Å². The van der Waals surface area contributed by atoms with Crippen molar-refractivity contribution >= 4 is 0 Å². The average Bonchev–Trinajstić information content (AvgIpc) is 2.04. The van der Waals surface area contributed by atoms with Crippen molar-refractivity contribution in [1.29, 1.82) is 0 Å². The molecule has 2 heteroatoms. The molecule has 0 amide bonds. The van der Waals surface area contributed by atoms with Crippen molar-refractivity contribution in [3.63, 3.8) is 0 Å². The summed E-state index contributed by atoms with van der Waals surface area (Å²) in [5.74, 6) is 0. The van der Waals surface area contributed by atoms with Gasteiger partial charge in [-0.15, -0.1) is 0 Å². The second-order valence-corrected chi connectivity index (χ2v) is 2.76. The van der Waals surface area contributed by atoms with Crippen LogP contribution in [0.1, 0.15) is 39.0 Å². The van der Waals surface area contributed by atoms with Crippen molar-refractivity contribution < 1.29 is 4.74 Å². The van der Waals surface area contributed by atoms with E-state index in [2.05, 4.69) is 13.8 Å². The quantitative estimate of drug-likeness (QED) is 0.455. The summed E-state index contributed by atoms with van der Waals surface area (Å²) in [6.07, 6.45) is 5.44. The molecule has 0 aliphatic heterocycles.